The molecule has 0 radical (unpaired) electrons. The van der Waals surface area contributed by atoms with Gasteiger partial charge in [-0.05, 0) is 43.9 Å². The standard InChI is InChI=1S/C23H21F5N6O2/c24-14-5-2-6-15(25)18(14)19-13(23(26,27)28)8-16(30)20(34-19)21(35)33-17-9-31-10-32-22(17)36-12-4-1-3-11(29)7-12/h2,5-6,8-12H,1,3-4,7,29-30H2,(H,33,35). The molecule has 1 amide bonds. The molecule has 2 heterocycles. The van der Waals surface area contributed by atoms with Gasteiger partial charge in [-0.2, -0.15) is 18.2 Å². The van der Waals surface area contributed by atoms with Crippen molar-refractivity contribution in [1.29, 1.82) is 0 Å². The molecule has 3 aromatic rings. The summed E-state index contributed by atoms with van der Waals surface area (Å²) in [6.07, 6.45) is 0.0902. The van der Waals surface area contributed by atoms with Crippen LogP contribution in [0.25, 0.3) is 11.3 Å². The number of aromatic nitrogens is 3. The second-order valence-corrected chi connectivity index (χ2v) is 8.28. The van der Waals surface area contributed by atoms with Crippen molar-refractivity contribution in [2.75, 3.05) is 11.1 Å². The zero-order valence-electron chi connectivity index (χ0n) is 18.6. The minimum atomic E-state index is -5.06. The van der Waals surface area contributed by atoms with Gasteiger partial charge in [-0.25, -0.2) is 18.7 Å². The lowest BCUT2D eigenvalue weighted by atomic mass is 9.94. The first-order valence-electron chi connectivity index (χ1n) is 10.9. The van der Waals surface area contributed by atoms with Gasteiger partial charge in [0.25, 0.3) is 5.91 Å². The third-order valence-electron chi connectivity index (χ3n) is 5.64. The number of hydrogen-bond donors (Lipinski definition) is 3. The van der Waals surface area contributed by atoms with Crippen LogP contribution >= 0.6 is 0 Å². The molecule has 0 bridgehead atoms. The number of nitrogen functional groups attached to an aromatic ring is 1. The minimum absolute atomic E-state index is 0.00126. The summed E-state index contributed by atoms with van der Waals surface area (Å²) in [6.45, 7) is 0. The first kappa shape index (κ1) is 25.2. The maximum absolute atomic E-state index is 14.4. The summed E-state index contributed by atoms with van der Waals surface area (Å²) in [5, 5.41) is 2.40. The van der Waals surface area contributed by atoms with E-state index in [0.29, 0.717) is 12.5 Å². The predicted molar refractivity (Wildman–Crippen MR) is 120 cm³/mol. The van der Waals surface area contributed by atoms with Crippen LogP contribution in [-0.2, 0) is 6.18 Å². The van der Waals surface area contributed by atoms with E-state index in [1.165, 1.54) is 12.5 Å². The molecule has 1 fully saturated rings. The van der Waals surface area contributed by atoms with E-state index in [4.69, 9.17) is 16.2 Å². The highest BCUT2D eigenvalue weighted by molar-refractivity contribution is 6.07. The number of halogens is 5. The van der Waals surface area contributed by atoms with Crippen LogP contribution in [0.4, 0.5) is 33.3 Å². The summed E-state index contributed by atoms with van der Waals surface area (Å²) in [7, 11) is 0. The van der Waals surface area contributed by atoms with Crippen LogP contribution in [-0.4, -0.2) is 33.0 Å². The molecule has 0 saturated heterocycles. The largest absolute Gasteiger partial charge is 0.473 e. The van der Waals surface area contributed by atoms with Crippen molar-refractivity contribution in [3.8, 4) is 17.1 Å². The summed E-state index contributed by atoms with van der Waals surface area (Å²) < 4.78 is 75.6. The fourth-order valence-electron chi connectivity index (χ4n) is 3.97. The molecule has 36 heavy (non-hydrogen) atoms. The molecular formula is C23H21F5N6O2. The number of nitrogens with two attached hydrogens (primary N) is 2. The fraction of sp³-hybridized carbons (Fsp3) is 0.304. The van der Waals surface area contributed by atoms with Crippen molar-refractivity contribution < 1.29 is 31.5 Å². The second kappa shape index (κ2) is 10.0. The number of nitrogens with one attached hydrogen (secondary N) is 1. The van der Waals surface area contributed by atoms with Gasteiger partial charge >= 0.3 is 6.18 Å². The Kier molecular flexibility index (Phi) is 7.02. The highest BCUT2D eigenvalue weighted by atomic mass is 19.4. The number of anilines is 2. The minimum Gasteiger partial charge on any atom is -0.473 e. The molecule has 2 aromatic heterocycles. The summed E-state index contributed by atoms with van der Waals surface area (Å²) in [5.74, 6) is -3.62. The molecule has 2 unspecified atom stereocenters. The van der Waals surface area contributed by atoms with E-state index in [1.807, 2.05) is 0 Å². The van der Waals surface area contributed by atoms with Crippen LogP contribution in [0, 0.1) is 11.6 Å². The molecule has 190 valence electrons. The highest BCUT2D eigenvalue weighted by Gasteiger charge is 2.37. The maximum Gasteiger partial charge on any atom is 0.418 e. The quantitative estimate of drug-likeness (QED) is 0.438. The van der Waals surface area contributed by atoms with Gasteiger partial charge in [-0.1, -0.05) is 6.07 Å². The van der Waals surface area contributed by atoms with Crippen LogP contribution in [0.2, 0.25) is 0 Å². The number of rotatable bonds is 5. The van der Waals surface area contributed by atoms with Crippen LogP contribution in [0.15, 0.2) is 36.8 Å². The van der Waals surface area contributed by atoms with Gasteiger partial charge in [0.2, 0.25) is 5.88 Å². The lowest BCUT2D eigenvalue weighted by Gasteiger charge is -2.27. The topological polar surface area (TPSA) is 129 Å². The van der Waals surface area contributed by atoms with Gasteiger partial charge < -0.3 is 21.5 Å². The number of amides is 1. The van der Waals surface area contributed by atoms with E-state index >= 15 is 0 Å². The Bertz CT molecular complexity index is 1270. The molecule has 4 rings (SSSR count). The van der Waals surface area contributed by atoms with Crippen LogP contribution in [0.5, 0.6) is 5.88 Å². The van der Waals surface area contributed by atoms with E-state index in [1.54, 1.807) is 0 Å². The van der Waals surface area contributed by atoms with Crippen molar-refractivity contribution in [2.45, 2.75) is 44.0 Å². The normalized spacial score (nSPS) is 18.1. The Hall–Kier alpha value is -3.87. The summed E-state index contributed by atoms with van der Waals surface area (Å²) in [5.41, 5.74) is 6.69. The van der Waals surface area contributed by atoms with Crippen molar-refractivity contribution in [1.82, 2.24) is 15.0 Å². The van der Waals surface area contributed by atoms with Crippen molar-refractivity contribution >= 4 is 17.3 Å². The van der Waals surface area contributed by atoms with Gasteiger partial charge in [0.1, 0.15) is 29.8 Å². The first-order valence-corrected chi connectivity index (χ1v) is 10.9. The van der Waals surface area contributed by atoms with E-state index in [9.17, 15) is 26.7 Å². The lowest BCUT2D eigenvalue weighted by molar-refractivity contribution is -0.137. The van der Waals surface area contributed by atoms with Gasteiger partial charge in [-0.3, -0.25) is 4.79 Å². The Morgan fingerprint density at radius 1 is 1.17 bits per heavy atom. The van der Waals surface area contributed by atoms with Gasteiger partial charge in [-0.15, -0.1) is 0 Å². The third-order valence-corrected chi connectivity index (χ3v) is 5.64. The molecule has 8 nitrogen and oxygen atoms in total. The average Bonchev–Trinajstić information content (AvgIpc) is 2.80. The van der Waals surface area contributed by atoms with Gasteiger partial charge in [0.05, 0.1) is 28.7 Å². The molecule has 1 aliphatic carbocycles. The molecule has 2 atom stereocenters. The molecular weight excluding hydrogens is 487 g/mol. The van der Waals surface area contributed by atoms with Crippen LogP contribution in [0.3, 0.4) is 0 Å². The number of hydrogen-bond acceptors (Lipinski definition) is 7. The predicted octanol–water partition coefficient (Wildman–Crippen LogP) is 4.32. The summed E-state index contributed by atoms with van der Waals surface area (Å²) in [6, 6.07) is 2.90. The zero-order valence-corrected chi connectivity index (χ0v) is 18.6. The molecule has 13 heteroatoms. The molecule has 1 aromatic carbocycles. The van der Waals surface area contributed by atoms with E-state index < -0.39 is 51.9 Å². The monoisotopic (exact) mass is 508 g/mol. The Morgan fingerprint density at radius 2 is 1.89 bits per heavy atom. The second-order valence-electron chi connectivity index (χ2n) is 8.28. The Morgan fingerprint density at radius 3 is 2.56 bits per heavy atom. The van der Waals surface area contributed by atoms with Crippen LogP contribution < -0.4 is 21.5 Å². The van der Waals surface area contributed by atoms with Crippen molar-refractivity contribution in [3.63, 3.8) is 0 Å². The molecule has 1 aliphatic rings. The molecule has 5 N–H and O–H groups in total. The number of benzene rings is 1. The number of carbonyl (C=O) groups is 1. The maximum atomic E-state index is 14.4. The number of ether oxygens (including phenoxy) is 1. The lowest BCUT2D eigenvalue weighted by Crippen LogP contribution is -2.34. The molecule has 0 spiro atoms. The number of nitrogens with zero attached hydrogens (tertiary/aromatic N) is 3. The summed E-state index contributed by atoms with van der Waals surface area (Å²) >= 11 is 0. The fourth-order valence-corrected chi connectivity index (χ4v) is 3.97. The third kappa shape index (κ3) is 5.35. The smallest absolute Gasteiger partial charge is 0.418 e. The molecule has 0 aliphatic heterocycles. The zero-order chi connectivity index (χ0) is 26.0. The SMILES string of the molecule is Nc1cc(C(F)(F)F)c(-c2c(F)cccc2F)nc1C(=O)Nc1cncnc1OC1CCCC(N)C1. The molecule has 1 saturated carbocycles. The van der Waals surface area contributed by atoms with Crippen molar-refractivity contribution in [2.24, 2.45) is 5.73 Å². The summed E-state index contributed by atoms with van der Waals surface area (Å²) in [4.78, 5) is 24.5. The van der Waals surface area contributed by atoms with E-state index in [2.05, 4.69) is 20.3 Å². The van der Waals surface area contributed by atoms with Gasteiger partial charge in [0, 0.05) is 6.04 Å². The van der Waals surface area contributed by atoms with E-state index in [0.717, 1.165) is 37.5 Å². The van der Waals surface area contributed by atoms with Crippen molar-refractivity contribution in [3.05, 3.63) is 59.7 Å². The average molecular weight is 508 g/mol. The Balaban J connectivity index is 1.70. The van der Waals surface area contributed by atoms with Gasteiger partial charge in [0.15, 0.2) is 5.69 Å². The number of alkyl halides is 3. The van der Waals surface area contributed by atoms with E-state index in [-0.39, 0.29) is 23.7 Å². The first-order chi connectivity index (χ1) is 17.0. The number of carbonyl (C=O) groups excluding carboxylic acids is 1. The number of pyridine rings is 1. The highest BCUT2D eigenvalue weighted by Crippen LogP contribution is 2.39. The Labute approximate surface area is 201 Å². The van der Waals surface area contributed by atoms with Crippen LogP contribution in [0.1, 0.15) is 41.7 Å².